The normalized spacial score (nSPS) is 13.8. The lowest BCUT2D eigenvalue weighted by molar-refractivity contribution is -0.149. The van der Waals surface area contributed by atoms with Crippen LogP contribution in [0.1, 0.15) is 38.7 Å². The Hall–Kier alpha value is -1.55. The molecular weight excluding hydrogens is 244 g/mol. The van der Waals surface area contributed by atoms with Crippen LogP contribution in [0.25, 0.3) is 0 Å². The molecule has 0 aliphatic heterocycles. The standard InChI is InChI=1S/C15H22O4/c1-4-11(2)13-5-7-14(8-6-13)19-10-9-18-12(3)15(16)17/h5-8,11-12H,4,9-10H2,1-3H3,(H,16,17). The van der Waals surface area contributed by atoms with Crippen molar-refractivity contribution < 1.29 is 19.4 Å². The van der Waals surface area contributed by atoms with Crippen molar-refractivity contribution in [2.75, 3.05) is 13.2 Å². The van der Waals surface area contributed by atoms with Crippen molar-refractivity contribution >= 4 is 5.97 Å². The molecular formula is C15H22O4. The Morgan fingerprint density at radius 1 is 1.21 bits per heavy atom. The maximum Gasteiger partial charge on any atom is 0.332 e. The first-order valence-electron chi connectivity index (χ1n) is 6.61. The predicted octanol–water partition coefficient (Wildman–Crippen LogP) is 3.07. The Morgan fingerprint density at radius 2 is 1.84 bits per heavy atom. The zero-order chi connectivity index (χ0) is 14.3. The van der Waals surface area contributed by atoms with Crippen molar-refractivity contribution in [3.8, 4) is 5.75 Å². The van der Waals surface area contributed by atoms with E-state index in [0.29, 0.717) is 12.5 Å². The van der Waals surface area contributed by atoms with E-state index < -0.39 is 12.1 Å². The number of carboxylic acid groups (broad SMARTS) is 1. The minimum atomic E-state index is -0.960. The summed E-state index contributed by atoms with van der Waals surface area (Å²) >= 11 is 0. The maximum atomic E-state index is 10.5. The van der Waals surface area contributed by atoms with Crippen molar-refractivity contribution in [1.82, 2.24) is 0 Å². The molecule has 106 valence electrons. The second kappa shape index (κ2) is 7.79. The van der Waals surface area contributed by atoms with E-state index in [2.05, 4.69) is 26.0 Å². The number of carbonyl (C=O) groups is 1. The molecule has 0 bridgehead atoms. The molecule has 0 radical (unpaired) electrons. The molecule has 0 aliphatic rings. The predicted molar refractivity (Wildman–Crippen MR) is 73.7 cm³/mol. The van der Waals surface area contributed by atoms with Gasteiger partial charge < -0.3 is 14.6 Å². The summed E-state index contributed by atoms with van der Waals surface area (Å²) in [5.41, 5.74) is 1.30. The van der Waals surface area contributed by atoms with Crippen molar-refractivity contribution in [1.29, 1.82) is 0 Å². The van der Waals surface area contributed by atoms with Crippen LogP contribution in [-0.2, 0) is 9.53 Å². The molecule has 0 heterocycles. The molecule has 4 heteroatoms. The Balaban J connectivity index is 2.32. The number of rotatable bonds is 8. The summed E-state index contributed by atoms with van der Waals surface area (Å²) < 4.78 is 10.6. The van der Waals surface area contributed by atoms with Crippen LogP contribution >= 0.6 is 0 Å². The van der Waals surface area contributed by atoms with Gasteiger partial charge in [0.25, 0.3) is 0 Å². The third-order valence-electron chi connectivity index (χ3n) is 3.13. The first-order valence-corrected chi connectivity index (χ1v) is 6.61. The molecule has 4 nitrogen and oxygen atoms in total. The quantitative estimate of drug-likeness (QED) is 0.735. The van der Waals surface area contributed by atoms with Gasteiger partial charge in [-0.15, -0.1) is 0 Å². The highest BCUT2D eigenvalue weighted by molar-refractivity contribution is 5.71. The summed E-state index contributed by atoms with van der Waals surface area (Å²) in [5, 5.41) is 8.64. The molecule has 0 spiro atoms. The third kappa shape index (κ3) is 5.30. The van der Waals surface area contributed by atoms with E-state index in [9.17, 15) is 4.79 Å². The Morgan fingerprint density at radius 3 is 2.37 bits per heavy atom. The number of carboxylic acids is 1. The van der Waals surface area contributed by atoms with Crippen molar-refractivity contribution in [2.24, 2.45) is 0 Å². The Bertz CT molecular complexity index is 386. The largest absolute Gasteiger partial charge is 0.491 e. The lowest BCUT2D eigenvalue weighted by Crippen LogP contribution is -2.22. The second-order valence-electron chi connectivity index (χ2n) is 4.58. The Labute approximate surface area is 114 Å². The highest BCUT2D eigenvalue weighted by Gasteiger charge is 2.10. The van der Waals surface area contributed by atoms with Gasteiger partial charge in [-0.3, -0.25) is 0 Å². The van der Waals surface area contributed by atoms with E-state index in [4.69, 9.17) is 14.6 Å². The molecule has 1 aromatic carbocycles. The van der Waals surface area contributed by atoms with Gasteiger partial charge in [-0.05, 0) is 37.0 Å². The number of ether oxygens (including phenoxy) is 2. The third-order valence-corrected chi connectivity index (χ3v) is 3.13. The van der Waals surface area contributed by atoms with Crippen LogP contribution in [-0.4, -0.2) is 30.4 Å². The lowest BCUT2D eigenvalue weighted by Gasteiger charge is -2.12. The summed E-state index contributed by atoms with van der Waals surface area (Å²) in [4.78, 5) is 10.5. The van der Waals surface area contributed by atoms with Gasteiger partial charge in [0.05, 0.1) is 6.61 Å². The number of aliphatic carboxylic acids is 1. The molecule has 1 aromatic rings. The average molecular weight is 266 g/mol. The van der Waals surface area contributed by atoms with Crippen LogP contribution in [0.5, 0.6) is 5.75 Å². The van der Waals surface area contributed by atoms with E-state index >= 15 is 0 Å². The SMILES string of the molecule is CCC(C)c1ccc(OCCOC(C)C(=O)O)cc1. The van der Waals surface area contributed by atoms with Crippen LogP contribution < -0.4 is 4.74 Å². The Kier molecular flexibility index (Phi) is 6.36. The molecule has 2 unspecified atom stereocenters. The molecule has 1 rings (SSSR count). The summed E-state index contributed by atoms with van der Waals surface area (Å²) in [6.45, 7) is 6.47. The van der Waals surface area contributed by atoms with Gasteiger partial charge in [0, 0.05) is 0 Å². The van der Waals surface area contributed by atoms with E-state index in [1.54, 1.807) is 0 Å². The number of hydrogen-bond acceptors (Lipinski definition) is 3. The molecule has 0 aliphatic carbocycles. The van der Waals surface area contributed by atoms with Gasteiger partial charge in [0.1, 0.15) is 12.4 Å². The van der Waals surface area contributed by atoms with Gasteiger partial charge in [0.15, 0.2) is 6.10 Å². The van der Waals surface area contributed by atoms with Crippen LogP contribution in [0.2, 0.25) is 0 Å². The van der Waals surface area contributed by atoms with Crippen LogP contribution in [0.4, 0.5) is 0 Å². The molecule has 2 atom stereocenters. The summed E-state index contributed by atoms with van der Waals surface area (Å²) in [5.74, 6) is 0.366. The molecule has 0 saturated heterocycles. The number of hydrogen-bond donors (Lipinski definition) is 1. The number of benzene rings is 1. The minimum Gasteiger partial charge on any atom is -0.491 e. The van der Waals surface area contributed by atoms with E-state index in [-0.39, 0.29) is 6.61 Å². The molecule has 1 N–H and O–H groups in total. The molecule has 0 amide bonds. The maximum absolute atomic E-state index is 10.5. The fourth-order valence-electron chi connectivity index (χ4n) is 1.58. The zero-order valence-corrected chi connectivity index (χ0v) is 11.8. The second-order valence-corrected chi connectivity index (χ2v) is 4.58. The van der Waals surface area contributed by atoms with Crippen molar-refractivity contribution in [2.45, 2.75) is 39.2 Å². The summed E-state index contributed by atoms with van der Waals surface area (Å²) in [7, 11) is 0. The summed E-state index contributed by atoms with van der Waals surface area (Å²) in [6, 6.07) is 7.98. The zero-order valence-electron chi connectivity index (χ0n) is 11.8. The minimum absolute atomic E-state index is 0.264. The van der Waals surface area contributed by atoms with Gasteiger partial charge in [0.2, 0.25) is 0 Å². The van der Waals surface area contributed by atoms with E-state index in [1.165, 1.54) is 12.5 Å². The van der Waals surface area contributed by atoms with Crippen molar-refractivity contribution in [3.05, 3.63) is 29.8 Å². The van der Waals surface area contributed by atoms with Crippen LogP contribution in [0.3, 0.4) is 0 Å². The van der Waals surface area contributed by atoms with Gasteiger partial charge in [-0.2, -0.15) is 0 Å². The van der Waals surface area contributed by atoms with Crippen LogP contribution in [0, 0.1) is 0 Å². The highest BCUT2D eigenvalue weighted by atomic mass is 16.5. The molecule has 0 saturated carbocycles. The van der Waals surface area contributed by atoms with E-state index in [1.807, 2.05) is 12.1 Å². The van der Waals surface area contributed by atoms with Crippen molar-refractivity contribution in [3.63, 3.8) is 0 Å². The monoisotopic (exact) mass is 266 g/mol. The highest BCUT2D eigenvalue weighted by Crippen LogP contribution is 2.21. The first kappa shape index (κ1) is 15.5. The van der Waals surface area contributed by atoms with Gasteiger partial charge in [-0.25, -0.2) is 4.79 Å². The molecule has 0 aromatic heterocycles. The van der Waals surface area contributed by atoms with Gasteiger partial charge in [-0.1, -0.05) is 26.0 Å². The van der Waals surface area contributed by atoms with E-state index in [0.717, 1.165) is 12.2 Å². The topological polar surface area (TPSA) is 55.8 Å². The molecule has 0 fully saturated rings. The summed E-state index contributed by atoms with van der Waals surface area (Å²) in [6.07, 6.45) is 0.317. The average Bonchev–Trinajstić information content (AvgIpc) is 2.43. The fraction of sp³-hybridized carbons (Fsp3) is 0.533. The lowest BCUT2D eigenvalue weighted by atomic mass is 9.99. The fourth-order valence-corrected chi connectivity index (χ4v) is 1.58. The van der Waals surface area contributed by atoms with Crippen LogP contribution in [0.15, 0.2) is 24.3 Å². The first-order chi connectivity index (χ1) is 9.04. The smallest absolute Gasteiger partial charge is 0.332 e. The molecule has 19 heavy (non-hydrogen) atoms. The van der Waals surface area contributed by atoms with Gasteiger partial charge >= 0.3 is 5.97 Å².